The zero-order valence-corrected chi connectivity index (χ0v) is 16.5. The summed E-state index contributed by atoms with van der Waals surface area (Å²) in [5.41, 5.74) is 0.636. The van der Waals surface area contributed by atoms with Crippen molar-refractivity contribution in [3.8, 4) is 0 Å². The second kappa shape index (κ2) is 10.6. The van der Waals surface area contributed by atoms with Gasteiger partial charge in [0.15, 0.2) is 5.96 Å². The first-order valence-electron chi connectivity index (χ1n) is 7.39. The van der Waals surface area contributed by atoms with Crippen LogP contribution in [0.2, 0.25) is 0 Å². The van der Waals surface area contributed by atoms with Gasteiger partial charge < -0.3 is 10.6 Å². The van der Waals surface area contributed by atoms with E-state index in [1.54, 1.807) is 30.5 Å². The summed E-state index contributed by atoms with van der Waals surface area (Å²) in [5.74, 6) is 1.00. The number of rotatable bonds is 6. The van der Waals surface area contributed by atoms with Crippen LogP contribution in [0.3, 0.4) is 0 Å². The van der Waals surface area contributed by atoms with Crippen molar-refractivity contribution >= 4 is 41.3 Å². The first kappa shape index (κ1) is 19.9. The van der Waals surface area contributed by atoms with Gasteiger partial charge in [0.1, 0.15) is 5.82 Å². The summed E-state index contributed by atoms with van der Waals surface area (Å²) >= 11 is 1.79. The van der Waals surface area contributed by atoms with Gasteiger partial charge in [-0.2, -0.15) is 0 Å². The maximum atomic E-state index is 13.6. The molecule has 0 aliphatic heterocycles. The molecule has 126 valence electrons. The van der Waals surface area contributed by atoms with Gasteiger partial charge in [-0.3, -0.25) is 4.99 Å². The zero-order valence-electron chi connectivity index (χ0n) is 13.4. The van der Waals surface area contributed by atoms with E-state index in [4.69, 9.17) is 0 Å². The third kappa shape index (κ3) is 6.87. The Hall–Kier alpha value is -1.15. The third-order valence-corrected chi connectivity index (χ3v) is 4.27. The molecule has 1 unspecified atom stereocenters. The number of halogens is 2. The molecule has 23 heavy (non-hydrogen) atoms. The molecular weight excluding hydrogens is 424 g/mol. The lowest BCUT2D eigenvalue weighted by Crippen LogP contribution is -2.39. The van der Waals surface area contributed by atoms with Gasteiger partial charge in [0.05, 0.1) is 0 Å². The topological polar surface area (TPSA) is 36.4 Å². The van der Waals surface area contributed by atoms with Gasteiger partial charge in [-0.25, -0.2) is 4.39 Å². The van der Waals surface area contributed by atoms with E-state index in [1.807, 2.05) is 6.07 Å². The highest BCUT2D eigenvalue weighted by molar-refractivity contribution is 14.0. The van der Waals surface area contributed by atoms with Crippen LogP contribution < -0.4 is 10.6 Å². The highest BCUT2D eigenvalue weighted by Crippen LogP contribution is 2.13. The molecule has 1 aromatic heterocycles. The lowest BCUT2D eigenvalue weighted by molar-refractivity contribution is 0.560. The van der Waals surface area contributed by atoms with Crippen molar-refractivity contribution in [1.82, 2.24) is 10.6 Å². The van der Waals surface area contributed by atoms with Crippen molar-refractivity contribution in [2.75, 3.05) is 13.6 Å². The van der Waals surface area contributed by atoms with E-state index in [1.165, 1.54) is 10.9 Å². The fraction of sp³-hybridized carbons (Fsp3) is 0.353. The molecule has 1 atom stereocenters. The SMILES string of the molecule is CN=C(NCc1ccccc1F)NCC(C)Cc1cccs1.I. The molecule has 0 bridgehead atoms. The molecule has 1 heterocycles. The maximum Gasteiger partial charge on any atom is 0.191 e. The first-order chi connectivity index (χ1) is 10.7. The Labute approximate surface area is 158 Å². The maximum absolute atomic E-state index is 13.6. The fourth-order valence-corrected chi connectivity index (χ4v) is 3.03. The Morgan fingerprint density at radius 1 is 1.22 bits per heavy atom. The minimum Gasteiger partial charge on any atom is -0.356 e. The van der Waals surface area contributed by atoms with Crippen LogP contribution >= 0.6 is 35.3 Å². The molecule has 6 heteroatoms. The summed E-state index contributed by atoms with van der Waals surface area (Å²) in [6, 6.07) is 11.0. The number of thiophene rings is 1. The van der Waals surface area contributed by atoms with E-state index in [2.05, 4.69) is 40.1 Å². The molecule has 0 saturated heterocycles. The van der Waals surface area contributed by atoms with Crippen LogP contribution in [-0.4, -0.2) is 19.6 Å². The van der Waals surface area contributed by atoms with E-state index in [9.17, 15) is 4.39 Å². The van der Waals surface area contributed by atoms with Gasteiger partial charge in [0, 0.05) is 30.6 Å². The quantitative estimate of drug-likeness (QED) is 0.398. The van der Waals surface area contributed by atoms with Crippen LogP contribution in [0.4, 0.5) is 4.39 Å². The number of hydrogen-bond donors (Lipinski definition) is 2. The molecule has 1 aromatic carbocycles. The molecule has 0 aliphatic carbocycles. The molecular formula is C17H23FIN3S. The van der Waals surface area contributed by atoms with Gasteiger partial charge in [0.2, 0.25) is 0 Å². The Bertz CT molecular complexity index is 602. The van der Waals surface area contributed by atoms with Gasteiger partial charge in [0.25, 0.3) is 0 Å². The normalized spacial score (nSPS) is 12.4. The second-order valence-corrected chi connectivity index (χ2v) is 6.32. The number of aliphatic imine (C=N–C) groups is 1. The summed E-state index contributed by atoms with van der Waals surface area (Å²) in [7, 11) is 1.72. The van der Waals surface area contributed by atoms with Crippen molar-refractivity contribution in [3.63, 3.8) is 0 Å². The van der Waals surface area contributed by atoms with E-state index < -0.39 is 0 Å². The average Bonchev–Trinajstić information content (AvgIpc) is 3.02. The molecule has 3 nitrogen and oxygen atoms in total. The van der Waals surface area contributed by atoms with Crippen LogP contribution in [0.5, 0.6) is 0 Å². The Kier molecular flexibility index (Phi) is 9.16. The summed E-state index contributed by atoms with van der Waals surface area (Å²) in [6.45, 7) is 3.46. The molecule has 0 fully saturated rings. The van der Waals surface area contributed by atoms with E-state index in [-0.39, 0.29) is 29.8 Å². The lowest BCUT2D eigenvalue weighted by atomic mass is 10.1. The number of hydrogen-bond acceptors (Lipinski definition) is 2. The minimum absolute atomic E-state index is 0. The van der Waals surface area contributed by atoms with Gasteiger partial charge >= 0.3 is 0 Å². The van der Waals surface area contributed by atoms with Gasteiger partial charge in [-0.15, -0.1) is 35.3 Å². The summed E-state index contributed by atoms with van der Waals surface area (Å²) in [5, 5.41) is 8.54. The van der Waals surface area contributed by atoms with Crippen molar-refractivity contribution in [3.05, 3.63) is 58.0 Å². The van der Waals surface area contributed by atoms with Crippen molar-refractivity contribution in [1.29, 1.82) is 0 Å². The van der Waals surface area contributed by atoms with E-state index in [0.717, 1.165) is 13.0 Å². The highest BCUT2D eigenvalue weighted by Gasteiger charge is 2.07. The Morgan fingerprint density at radius 2 is 2.00 bits per heavy atom. The average molecular weight is 447 g/mol. The summed E-state index contributed by atoms with van der Waals surface area (Å²) in [6.07, 6.45) is 1.05. The fourth-order valence-electron chi connectivity index (χ4n) is 2.16. The zero-order chi connectivity index (χ0) is 15.8. The van der Waals surface area contributed by atoms with Crippen LogP contribution in [0, 0.1) is 11.7 Å². The first-order valence-corrected chi connectivity index (χ1v) is 8.27. The summed E-state index contributed by atoms with van der Waals surface area (Å²) < 4.78 is 13.6. The molecule has 0 saturated carbocycles. The Balaban J connectivity index is 0.00000264. The number of nitrogens with zero attached hydrogens (tertiary/aromatic N) is 1. The number of benzene rings is 1. The number of nitrogens with one attached hydrogen (secondary N) is 2. The smallest absolute Gasteiger partial charge is 0.191 e. The molecule has 2 aromatic rings. The predicted molar refractivity (Wildman–Crippen MR) is 107 cm³/mol. The van der Waals surface area contributed by atoms with Crippen LogP contribution in [0.15, 0.2) is 46.8 Å². The molecule has 0 spiro atoms. The van der Waals surface area contributed by atoms with Crippen molar-refractivity contribution in [2.45, 2.75) is 19.9 Å². The summed E-state index contributed by atoms with van der Waals surface area (Å²) in [4.78, 5) is 5.57. The van der Waals surface area contributed by atoms with Crippen LogP contribution in [0.25, 0.3) is 0 Å². The third-order valence-electron chi connectivity index (χ3n) is 3.38. The van der Waals surface area contributed by atoms with Crippen molar-refractivity contribution < 1.29 is 4.39 Å². The van der Waals surface area contributed by atoms with Gasteiger partial charge in [-0.1, -0.05) is 31.2 Å². The molecule has 0 amide bonds. The minimum atomic E-state index is -0.198. The van der Waals surface area contributed by atoms with Crippen molar-refractivity contribution in [2.24, 2.45) is 10.9 Å². The highest BCUT2D eigenvalue weighted by atomic mass is 127. The second-order valence-electron chi connectivity index (χ2n) is 5.29. The predicted octanol–water partition coefficient (Wildman–Crippen LogP) is 4.05. The van der Waals surface area contributed by atoms with E-state index in [0.29, 0.717) is 24.0 Å². The molecule has 0 radical (unpaired) electrons. The van der Waals surface area contributed by atoms with E-state index >= 15 is 0 Å². The van der Waals surface area contributed by atoms with Gasteiger partial charge in [-0.05, 0) is 29.9 Å². The number of guanidine groups is 1. The molecule has 0 aliphatic rings. The Morgan fingerprint density at radius 3 is 2.65 bits per heavy atom. The largest absolute Gasteiger partial charge is 0.356 e. The molecule has 2 N–H and O–H groups in total. The van der Waals surface area contributed by atoms with Crippen LogP contribution in [-0.2, 0) is 13.0 Å². The monoisotopic (exact) mass is 447 g/mol. The molecule has 2 rings (SSSR count). The standard InChI is InChI=1S/C17H22FN3S.HI/c1-13(10-15-7-5-9-22-15)11-20-17(19-2)21-12-14-6-3-4-8-16(14)18;/h3-9,13H,10-12H2,1-2H3,(H2,19,20,21);1H. The van der Waals surface area contributed by atoms with Crippen LogP contribution in [0.1, 0.15) is 17.4 Å². The lowest BCUT2D eigenvalue weighted by Gasteiger charge is -2.15.